The van der Waals surface area contributed by atoms with E-state index in [1.807, 2.05) is 24.9 Å². The predicted octanol–water partition coefficient (Wildman–Crippen LogP) is -2.24. The lowest BCUT2D eigenvalue weighted by atomic mass is 10.2. The van der Waals surface area contributed by atoms with E-state index in [1.54, 1.807) is 18.2 Å². The van der Waals surface area contributed by atoms with Gasteiger partial charge in [-0.25, -0.2) is 23.2 Å². The lowest BCUT2D eigenvalue weighted by molar-refractivity contribution is -2.00. The molecule has 1 rings (SSSR count). The summed E-state index contributed by atoms with van der Waals surface area (Å²) in [6, 6.07) is 6.11. The third-order valence-corrected chi connectivity index (χ3v) is 2.22. The maximum absolute atomic E-state index is 10.4. The number of benzene rings is 1. The molecule has 0 atom stereocenters. The third kappa shape index (κ3) is 10.9. The fourth-order valence-corrected chi connectivity index (χ4v) is 1.24. The van der Waals surface area contributed by atoms with Crippen LogP contribution < -0.4 is 18.6 Å². The average molecular weight is 339 g/mol. The number of nitro groups is 1. The molecule has 0 fully saturated rings. The lowest BCUT2D eigenvalue weighted by Crippen LogP contribution is -2.68. The second-order valence-corrected chi connectivity index (χ2v) is 4.97. The van der Waals surface area contributed by atoms with Gasteiger partial charge in [0.2, 0.25) is 0 Å². The molecule has 0 radical (unpaired) electrons. The summed E-state index contributed by atoms with van der Waals surface area (Å²) in [5, 5.41) is 11.0. The first-order chi connectivity index (χ1) is 9.50. The Kier molecular flexibility index (Phi) is 8.03. The number of allylic oxidation sites excluding steroid dienone is 1. The number of hydrogen-bond donors (Lipinski definition) is 0. The average Bonchev–Trinajstić information content (AvgIpc) is 2.34. The van der Waals surface area contributed by atoms with Gasteiger partial charge in [-0.1, -0.05) is 11.6 Å². The molecule has 0 spiro atoms. The van der Waals surface area contributed by atoms with E-state index in [2.05, 4.69) is 0 Å². The number of halogens is 2. The van der Waals surface area contributed by atoms with E-state index >= 15 is 0 Å². The highest BCUT2D eigenvalue weighted by Crippen LogP contribution is 2.21. The Hall–Kier alpha value is -1.55. The number of nitrogens with zero attached hydrogens (tertiary/aromatic N) is 2. The van der Waals surface area contributed by atoms with Crippen LogP contribution in [0.1, 0.15) is 5.56 Å². The van der Waals surface area contributed by atoms with E-state index < -0.39 is 15.2 Å². The molecule has 0 saturated heterocycles. The van der Waals surface area contributed by atoms with E-state index in [-0.39, 0.29) is 5.69 Å². The minimum atomic E-state index is -4.94. The van der Waals surface area contributed by atoms with Gasteiger partial charge < -0.3 is 0 Å². The van der Waals surface area contributed by atoms with Crippen molar-refractivity contribution in [2.75, 3.05) is 14.1 Å². The molecule has 0 unspecified atom stereocenters. The van der Waals surface area contributed by atoms with Gasteiger partial charge in [-0.2, -0.15) is 0 Å². The lowest BCUT2D eigenvalue weighted by Gasteiger charge is -2.17. The fraction of sp³-hybridized carbons (Fsp3) is 0.182. The molecule has 0 heterocycles. The van der Waals surface area contributed by atoms with Gasteiger partial charge in [0.15, 0.2) is 6.21 Å². The Balaban J connectivity index is 0.000000690. The third-order valence-electron chi connectivity index (χ3n) is 1.87. The van der Waals surface area contributed by atoms with E-state index in [4.69, 9.17) is 30.2 Å². The van der Waals surface area contributed by atoms with E-state index in [1.165, 1.54) is 12.1 Å². The summed E-state index contributed by atoms with van der Waals surface area (Å²) in [5.74, 6) is 0. The molecule has 1 aromatic rings. The Bertz CT molecular complexity index is 527. The Morgan fingerprint density at radius 2 is 1.57 bits per heavy atom. The Morgan fingerprint density at radius 1 is 1.14 bits per heavy atom. The molecule has 0 aliphatic heterocycles. The van der Waals surface area contributed by atoms with Gasteiger partial charge in [0.25, 0.3) is 5.69 Å². The van der Waals surface area contributed by atoms with Crippen molar-refractivity contribution in [3.8, 4) is 0 Å². The molecule has 0 saturated carbocycles. The maximum atomic E-state index is 10.4. The summed E-state index contributed by atoms with van der Waals surface area (Å²) in [5.41, 5.74) is 0.815. The van der Waals surface area contributed by atoms with E-state index in [0.29, 0.717) is 5.03 Å². The standard InChI is InChI=1S/C11H12ClN2O2.ClHO4/c1-13(2)8-7-11(12)9-3-5-10(6-4-9)14(15)16;2-1(3,4)5/h3-8H,1-2H3;(H,2,3,4,5)/q+1;/p-1/b11-7+;. The van der Waals surface area contributed by atoms with Crippen LogP contribution in [0.4, 0.5) is 5.69 Å². The highest BCUT2D eigenvalue weighted by molar-refractivity contribution is 6.49. The molecule has 21 heavy (non-hydrogen) atoms. The van der Waals surface area contributed by atoms with Crippen molar-refractivity contribution in [2.24, 2.45) is 0 Å². The summed E-state index contributed by atoms with van der Waals surface area (Å²) in [4.78, 5) is 10.0. The monoisotopic (exact) mass is 338 g/mol. The molecule has 10 heteroatoms. The summed E-state index contributed by atoms with van der Waals surface area (Å²) in [6.07, 6.45) is 3.55. The highest BCUT2D eigenvalue weighted by Gasteiger charge is 2.05. The van der Waals surface area contributed by atoms with Gasteiger partial charge in [0, 0.05) is 18.2 Å². The minimum absolute atomic E-state index is 0.0600. The first-order valence-electron chi connectivity index (χ1n) is 5.24. The van der Waals surface area contributed by atoms with Gasteiger partial charge in [0.05, 0.1) is 9.96 Å². The second-order valence-electron chi connectivity index (χ2n) is 3.81. The summed E-state index contributed by atoms with van der Waals surface area (Å²) >= 11 is 6.02. The van der Waals surface area contributed by atoms with Crippen LogP contribution in [0, 0.1) is 20.4 Å². The molecule has 0 aliphatic carbocycles. The van der Waals surface area contributed by atoms with Gasteiger partial charge in [-0.05, 0) is 17.7 Å². The van der Waals surface area contributed by atoms with Crippen molar-refractivity contribution in [3.63, 3.8) is 0 Å². The Morgan fingerprint density at radius 3 is 1.90 bits per heavy atom. The molecule has 0 aromatic heterocycles. The number of non-ortho nitro benzene ring substituents is 1. The van der Waals surface area contributed by atoms with E-state index in [0.717, 1.165) is 5.56 Å². The zero-order valence-electron chi connectivity index (χ0n) is 11.1. The maximum Gasteiger partial charge on any atom is 0.269 e. The first kappa shape index (κ1) is 19.4. The van der Waals surface area contributed by atoms with Crippen molar-refractivity contribution in [1.29, 1.82) is 0 Å². The van der Waals surface area contributed by atoms with Crippen LogP contribution in [0.5, 0.6) is 0 Å². The molecule has 0 bridgehead atoms. The van der Waals surface area contributed by atoms with Crippen molar-refractivity contribution in [3.05, 3.63) is 46.0 Å². The van der Waals surface area contributed by atoms with Crippen LogP contribution >= 0.6 is 11.6 Å². The van der Waals surface area contributed by atoms with Crippen LogP contribution in [0.2, 0.25) is 0 Å². The number of rotatable bonds is 3. The number of hydrogen-bond acceptors (Lipinski definition) is 6. The van der Waals surface area contributed by atoms with Crippen LogP contribution in [0.25, 0.3) is 5.03 Å². The van der Waals surface area contributed by atoms with Crippen molar-refractivity contribution in [1.82, 2.24) is 0 Å². The molecular formula is C11H12Cl2N2O6. The molecule has 0 N–H and O–H groups in total. The Labute approximate surface area is 127 Å². The predicted molar refractivity (Wildman–Crippen MR) is 65.1 cm³/mol. The molecule has 0 aliphatic rings. The summed E-state index contributed by atoms with van der Waals surface area (Å²) < 4.78 is 35.8. The van der Waals surface area contributed by atoms with Gasteiger partial charge in [-0.15, -0.1) is 10.2 Å². The number of nitro benzene ring substituents is 1. The quantitative estimate of drug-likeness (QED) is 0.264. The fourth-order valence-electron chi connectivity index (χ4n) is 1.05. The van der Waals surface area contributed by atoms with Gasteiger partial charge in [-0.3, -0.25) is 10.1 Å². The largest absolute Gasteiger partial charge is 0.269 e. The topological polar surface area (TPSA) is 138 Å². The van der Waals surface area contributed by atoms with Crippen LogP contribution in [0.3, 0.4) is 0 Å². The zero-order valence-corrected chi connectivity index (χ0v) is 12.6. The SMILES string of the molecule is C[N+](C)=C/C=C(/Cl)c1ccc([N+](=O)[O-])cc1.[O-][Cl+3]([O-])([O-])[O-]. The minimum Gasteiger partial charge on any atom is -0.258 e. The van der Waals surface area contributed by atoms with Crippen molar-refractivity contribution in [2.45, 2.75) is 0 Å². The smallest absolute Gasteiger partial charge is 0.258 e. The molecule has 0 amide bonds. The molecule has 116 valence electrons. The van der Waals surface area contributed by atoms with Crippen LogP contribution in [0.15, 0.2) is 30.3 Å². The first-order valence-corrected chi connectivity index (χ1v) is 6.85. The van der Waals surface area contributed by atoms with Crippen LogP contribution in [-0.4, -0.2) is 29.8 Å². The van der Waals surface area contributed by atoms with Gasteiger partial charge >= 0.3 is 0 Å². The van der Waals surface area contributed by atoms with Gasteiger partial charge in [0.1, 0.15) is 14.1 Å². The van der Waals surface area contributed by atoms with Crippen molar-refractivity contribution >= 4 is 28.5 Å². The summed E-state index contributed by atoms with van der Waals surface area (Å²) in [6.45, 7) is 0. The summed E-state index contributed by atoms with van der Waals surface area (Å²) in [7, 11) is -1.17. The van der Waals surface area contributed by atoms with Crippen LogP contribution in [-0.2, 0) is 0 Å². The second kappa shape index (κ2) is 8.67. The molecular weight excluding hydrogens is 327 g/mol. The molecule has 8 nitrogen and oxygen atoms in total. The van der Waals surface area contributed by atoms with Crippen molar-refractivity contribution < 1.29 is 38.4 Å². The molecule has 1 aromatic carbocycles. The van der Waals surface area contributed by atoms with E-state index in [9.17, 15) is 10.1 Å². The normalized spacial score (nSPS) is 11.3. The zero-order chi connectivity index (χ0) is 16.6. The highest BCUT2D eigenvalue weighted by atomic mass is 35.7.